The molecule has 0 radical (unpaired) electrons. The standard InChI is InChI=1S/C13H19NO7/c1-4-6-19-12(16)14-5-7-20-13(17)21-9-8-18-11(15)10(2)3/h4H,1-2,5-9H2,3H3,(H,14,16). The molecule has 0 saturated carbocycles. The SMILES string of the molecule is C=CCOC(=O)NCCOC(=O)OCCOC(=O)C(=C)C. The summed E-state index contributed by atoms with van der Waals surface area (Å²) in [5.41, 5.74) is 0.256. The molecule has 0 aromatic carbocycles. The average Bonchev–Trinajstić information content (AvgIpc) is 2.45. The van der Waals surface area contributed by atoms with Crippen LogP contribution in [-0.4, -0.2) is 51.2 Å². The van der Waals surface area contributed by atoms with Gasteiger partial charge in [-0.05, 0) is 6.92 Å². The molecule has 0 saturated heterocycles. The minimum Gasteiger partial charge on any atom is -0.459 e. The first-order valence-electron chi connectivity index (χ1n) is 6.11. The lowest BCUT2D eigenvalue weighted by molar-refractivity contribution is -0.140. The van der Waals surface area contributed by atoms with Crippen LogP contribution in [0.15, 0.2) is 24.8 Å². The Hall–Kier alpha value is -2.51. The number of carbonyl (C=O) groups excluding carboxylic acids is 3. The van der Waals surface area contributed by atoms with Crippen LogP contribution in [0.2, 0.25) is 0 Å². The number of esters is 1. The Labute approximate surface area is 122 Å². The molecule has 0 aromatic rings. The van der Waals surface area contributed by atoms with Crippen molar-refractivity contribution in [3.63, 3.8) is 0 Å². The topological polar surface area (TPSA) is 100 Å². The lowest BCUT2D eigenvalue weighted by Crippen LogP contribution is -2.29. The van der Waals surface area contributed by atoms with Crippen LogP contribution in [0.25, 0.3) is 0 Å². The van der Waals surface area contributed by atoms with E-state index in [9.17, 15) is 14.4 Å². The molecule has 1 N–H and O–H groups in total. The molecule has 0 aliphatic heterocycles. The summed E-state index contributed by atoms with van der Waals surface area (Å²) in [5.74, 6) is -0.561. The van der Waals surface area contributed by atoms with Gasteiger partial charge in [0, 0.05) is 5.57 Å². The van der Waals surface area contributed by atoms with E-state index in [-0.39, 0.29) is 38.5 Å². The summed E-state index contributed by atoms with van der Waals surface area (Å²) in [6, 6.07) is 0. The molecule has 0 heterocycles. The van der Waals surface area contributed by atoms with Crippen LogP contribution in [0.3, 0.4) is 0 Å². The van der Waals surface area contributed by atoms with Crippen molar-refractivity contribution in [1.82, 2.24) is 5.32 Å². The van der Waals surface area contributed by atoms with E-state index in [1.165, 1.54) is 13.0 Å². The van der Waals surface area contributed by atoms with Gasteiger partial charge in [-0.3, -0.25) is 0 Å². The van der Waals surface area contributed by atoms with Crippen molar-refractivity contribution < 1.29 is 33.3 Å². The van der Waals surface area contributed by atoms with Crippen molar-refractivity contribution in [1.29, 1.82) is 0 Å². The quantitative estimate of drug-likeness (QED) is 0.224. The normalized spacial score (nSPS) is 9.19. The van der Waals surface area contributed by atoms with Crippen molar-refractivity contribution in [2.45, 2.75) is 6.92 Å². The molecule has 0 aliphatic carbocycles. The van der Waals surface area contributed by atoms with Crippen LogP contribution in [-0.2, 0) is 23.7 Å². The third-order valence-electron chi connectivity index (χ3n) is 1.81. The Morgan fingerprint density at radius 1 is 1.05 bits per heavy atom. The zero-order valence-corrected chi connectivity index (χ0v) is 11.9. The minimum atomic E-state index is -0.928. The van der Waals surface area contributed by atoms with Crippen molar-refractivity contribution in [2.75, 3.05) is 33.0 Å². The first-order chi connectivity index (χ1) is 9.97. The molecule has 0 unspecified atom stereocenters. The predicted molar refractivity (Wildman–Crippen MR) is 72.6 cm³/mol. The number of alkyl carbamates (subject to hydrolysis) is 1. The lowest BCUT2D eigenvalue weighted by atomic mass is 10.4. The first kappa shape index (κ1) is 18.5. The van der Waals surface area contributed by atoms with Gasteiger partial charge >= 0.3 is 18.2 Å². The summed E-state index contributed by atoms with van der Waals surface area (Å²) >= 11 is 0. The molecule has 1 amide bonds. The van der Waals surface area contributed by atoms with Gasteiger partial charge in [-0.25, -0.2) is 14.4 Å². The highest BCUT2D eigenvalue weighted by molar-refractivity contribution is 5.86. The fourth-order valence-electron chi connectivity index (χ4n) is 0.897. The predicted octanol–water partition coefficient (Wildman–Crippen LogP) is 1.17. The zero-order valence-electron chi connectivity index (χ0n) is 11.9. The first-order valence-corrected chi connectivity index (χ1v) is 6.11. The molecule has 118 valence electrons. The largest absolute Gasteiger partial charge is 0.508 e. The zero-order chi connectivity index (χ0) is 16.1. The number of rotatable bonds is 9. The van der Waals surface area contributed by atoms with Gasteiger partial charge in [0.1, 0.15) is 26.4 Å². The lowest BCUT2D eigenvalue weighted by Gasteiger charge is -2.08. The highest BCUT2D eigenvalue weighted by Crippen LogP contribution is 1.92. The Balaban J connectivity index is 3.50. The molecular formula is C13H19NO7. The monoisotopic (exact) mass is 301 g/mol. The molecule has 0 aromatic heterocycles. The number of nitrogens with one attached hydrogen (secondary N) is 1. The van der Waals surface area contributed by atoms with Crippen LogP contribution >= 0.6 is 0 Å². The molecule has 0 spiro atoms. The van der Waals surface area contributed by atoms with E-state index in [0.717, 1.165) is 0 Å². The van der Waals surface area contributed by atoms with E-state index < -0.39 is 18.2 Å². The molecule has 0 aliphatic rings. The van der Waals surface area contributed by atoms with E-state index in [1.807, 2.05) is 0 Å². The van der Waals surface area contributed by atoms with Crippen molar-refractivity contribution in [3.05, 3.63) is 24.8 Å². The van der Waals surface area contributed by atoms with Crippen LogP contribution in [0, 0.1) is 0 Å². The minimum absolute atomic E-state index is 0.0758. The highest BCUT2D eigenvalue weighted by atomic mass is 16.7. The van der Waals surface area contributed by atoms with Gasteiger partial charge in [-0.1, -0.05) is 19.2 Å². The Kier molecular flexibility index (Phi) is 9.97. The Morgan fingerprint density at radius 2 is 1.67 bits per heavy atom. The van der Waals surface area contributed by atoms with Crippen LogP contribution in [0.4, 0.5) is 9.59 Å². The van der Waals surface area contributed by atoms with E-state index in [0.29, 0.717) is 0 Å². The second-order valence-corrected chi connectivity index (χ2v) is 3.68. The van der Waals surface area contributed by atoms with Gasteiger partial charge < -0.3 is 24.3 Å². The maximum Gasteiger partial charge on any atom is 0.508 e. The molecule has 0 atom stereocenters. The molecule has 0 rings (SSSR count). The number of carbonyl (C=O) groups is 3. The third-order valence-corrected chi connectivity index (χ3v) is 1.81. The van der Waals surface area contributed by atoms with Crippen molar-refractivity contribution in [2.24, 2.45) is 0 Å². The van der Waals surface area contributed by atoms with Gasteiger partial charge in [-0.15, -0.1) is 0 Å². The van der Waals surface area contributed by atoms with Gasteiger partial charge in [-0.2, -0.15) is 0 Å². The molecular weight excluding hydrogens is 282 g/mol. The van der Waals surface area contributed by atoms with Crippen LogP contribution < -0.4 is 5.32 Å². The van der Waals surface area contributed by atoms with E-state index in [4.69, 9.17) is 4.74 Å². The summed E-state index contributed by atoms with van der Waals surface area (Å²) in [4.78, 5) is 33.0. The second-order valence-electron chi connectivity index (χ2n) is 3.68. The molecule has 8 heteroatoms. The van der Waals surface area contributed by atoms with E-state index in [1.54, 1.807) is 0 Å². The van der Waals surface area contributed by atoms with E-state index >= 15 is 0 Å². The summed E-state index contributed by atoms with van der Waals surface area (Å²) < 4.78 is 18.6. The number of amides is 1. The summed E-state index contributed by atoms with van der Waals surface area (Å²) in [6.45, 7) is 8.16. The highest BCUT2D eigenvalue weighted by Gasteiger charge is 2.07. The van der Waals surface area contributed by atoms with Gasteiger partial charge in [0.05, 0.1) is 6.54 Å². The second kappa shape index (κ2) is 11.3. The number of hydrogen-bond acceptors (Lipinski definition) is 7. The van der Waals surface area contributed by atoms with Crippen molar-refractivity contribution in [3.8, 4) is 0 Å². The third kappa shape index (κ3) is 11.0. The number of hydrogen-bond donors (Lipinski definition) is 1. The average molecular weight is 301 g/mol. The Morgan fingerprint density at radius 3 is 2.29 bits per heavy atom. The summed E-state index contributed by atoms with van der Waals surface area (Å²) in [6.07, 6.45) is -0.144. The molecule has 8 nitrogen and oxygen atoms in total. The summed E-state index contributed by atoms with van der Waals surface area (Å²) in [5, 5.41) is 2.35. The smallest absolute Gasteiger partial charge is 0.459 e. The maximum atomic E-state index is 11.1. The molecule has 21 heavy (non-hydrogen) atoms. The molecule has 0 bridgehead atoms. The van der Waals surface area contributed by atoms with Crippen molar-refractivity contribution >= 4 is 18.2 Å². The fraction of sp³-hybridized carbons (Fsp3) is 0.462. The number of ether oxygens (including phenoxy) is 4. The van der Waals surface area contributed by atoms with E-state index in [2.05, 4.69) is 32.7 Å². The van der Waals surface area contributed by atoms with Gasteiger partial charge in [0.2, 0.25) is 0 Å². The van der Waals surface area contributed by atoms with Crippen LogP contribution in [0.1, 0.15) is 6.92 Å². The Bertz CT molecular complexity index is 392. The fourth-order valence-corrected chi connectivity index (χ4v) is 0.897. The van der Waals surface area contributed by atoms with Gasteiger partial charge in [0.15, 0.2) is 0 Å². The summed E-state index contributed by atoms with van der Waals surface area (Å²) in [7, 11) is 0. The van der Waals surface area contributed by atoms with Crippen LogP contribution in [0.5, 0.6) is 0 Å². The van der Waals surface area contributed by atoms with Gasteiger partial charge in [0.25, 0.3) is 0 Å². The maximum absolute atomic E-state index is 11.1. The molecule has 0 fully saturated rings.